The number of ether oxygens (including phenoxy) is 2. The molecule has 2 heterocycles. The van der Waals surface area contributed by atoms with Gasteiger partial charge in [0.25, 0.3) is 0 Å². The molecule has 0 fully saturated rings. The highest BCUT2D eigenvalue weighted by Gasteiger charge is 2.90. The number of hydrogen-bond acceptors (Lipinski definition) is 4. The van der Waals surface area contributed by atoms with Crippen LogP contribution in [0.1, 0.15) is 85.0 Å². The maximum Gasteiger partial charge on any atom is 0.460 e. The van der Waals surface area contributed by atoms with Crippen molar-refractivity contribution in [3.05, 3.63) is 54.9 Å². The molecule has 3 aromatic rings. The van der Waals surface area contributed by atoms with E-state index in [1.54, 1.807) is 12.4 Å². The fourth-order valence-electron chi connectivity index (χ4n) is 6.34. The van der Waals surface area contributed by atoms with Crippen LogP contribution < -0.4 is 14.7 Å². The van der Waals surface area contributed by atoms with Gasteiger partial charge in [0.15, 0.2) is 17.3 Å². The molecule has 18 heteroatoms. The lowest BCUT2D eigenvalue weighted by atomic mass is 9.92. The first kappa shape index (κ1) is 46.1. The molecule has 2 radical (unpaired) electrons. The molecule has 0 saturated carbocycles. The molecular weight excluding hydrogens is 804 g/mol. The van der Waals surface area contributed by atoms with E-state index in [1.165, 1.54) is 57.4 Å². The van der Waals surface area contributed by atoms with Crippen molar-refractivity contribution in [1.82, 2.24) is 9.97 Å². The Kier molecular flexibility index (Phi) is 14.7. The van der Waals surface area contributed by atoms with Gasteiger partial charge in [0, 0.05) is 23.5 Å². The third-order valence-electron chi connectivity index (χ3n) is 9.93. The average molecular weight is 847 g/mol. The molecule has 2 aromatic carbocycles. The van der Waals surface area contributed by atoms with Crippen LogP contribution in [0.15, 0.2) is 54.9 Å². The van der Waals surface area contributed by atoms with Crippen LogP contribution in [0.3, 0.4) is 0 Å². The van der Waals surface area contributed by atoms with E-state index < -0.39 is 60.0 Å². The van der Waals surface area contributed by atoms with Crippen molar-refractivity contribution < 1.29 is 66.5 Å². The van der Waals surface area contributed by atoms with Crippen molar-refractivity contribution in [2.24, 2.45) is 11.8 Å². The molecule has 4 nitrogen and oxygen atoms in total. The van der Waals surface area contributed by atoms with Gasteiger partial charge >= 0.3 is 35.8 Å². The summed E-state index contributed by atoms with van der Waals surface area (Å²) in [5.41, 5.74) is 1.81. The lowest BCUT2D eigenvalue weighted by Gasteiger charge is -2.39. The number of nitrogens with zero attached hydrogens (tertiary/aromatic N) is 2. The van der Waals surface area contributed by atoms with E-state index >= 15 is 0 Å². The molecule has 1 aliphatic rings. The highest BCUT2D eigenvalue weighted by atomic mass is 28.2. The minimum Gasteiger partial charge on any atom is -0.451 e. The van der Waals surface area contributed by atoms with Gasteiger partial charge in [-0.05, 0) is 35.6 Å². The number of unbranched alkanes of at least 4 members (excludes halogenated alkanes) is 3. The van der Waals surface area contributed by atoms with Crippen LogP contribution in [-0.2, 0) is 0 Å². The second kappa shape index (κ2) is 18.1. The predicted octanol–water partition coefficient (Wildman–Crippen LogP) is 12.6. The maximum absolute atomic E-state index is 14.5. The predicted molar refractivity (Wildman–Crippen MR) is 189 cm³/mol. The normalized spacial score (nSPS) is 16.5. The Hall–Kier alpha value is -3.57. The number of benzene rings is 2. The van der Waals surface area contributed by atoms with Crippen molar-refractivity contribution in [3.63, 3.8) is 0 Å². The molecule has 0 spiro atoms. The molecule has 0 aliphatic carbocycles. The molecule has 0 N–H and O–H groups in total. The monoisotopic (exact) mass is 846 g/mol. The number of fused-ring (bicyclic) bond motifs is 1. The number of aromatic nitrogens is 2. The Bertz CT molecular complexity index is 1760. The van der Waals surface area contributed by atoms with E-state index in [9.17, 15) is 57.1 Å². The summed E-state index contributed by atoms with van der Waals surface area (Å²) in [5, 5.41) is 1.12. The summed E-state index contributed by atoms with van der Waals surface area (Å²) in [4.78, 5) is 8.71. The van der Waals surface area contributed by atoms with Gasteiger partial charge < -0.3 is 9.47 Å². The third-order valence-corrected chi connectivity index (χ3v) is 11.3. The lowest BCUT2D eigenvalue weighted by Crippen LogP contribution is -2.70. The summed E-state index contributed by atoms with van der Waals surface area (Å²) in [6.45, 7) is 6.83. The lowest BCUT2D eigenvalue weighted by molar-refractivity contribution is -0.441. The maximum atomic E-state index is 14.5. The van der Waals surface area contributed by atoms with Gasteiger partial charge in [0.2, 0.25) is 6.29 Å². The van der Waals surface area contributed by atoms with Gasteiger partial charge in [-0.15, -0.1) is 0 Å². The van der Waals surface area contributed by atoms with Crippen LogP contribution in [0.2, 0.25) is 6.04 Å². The standard InChI is InChI=1S/C39H43F13N2O2Si/c1-4-5-6-11-24(2)12-7-8-13-25(3)18-19-57-31-15-10-9-14-28(31)27-22-53-33(54-23-27)26-16-17-29-30(20-26)56-32(55-29)21-34(40,41)35(42,43)36(44,45)37(46,47)38(48,49)39(50,51)52/h9-10,14-17,20,22-25,32H,4-8,11-13,18-19,21H2,1-3H3. The number of alkyl halides is 13. The zero-order valence-corrected chi connectivity index (χ0v) is 32.3. The summed E-state index contributed by atoms with van der Waals surface area (Å²) in [6.07, 6.45) is 1.52. The quantitative estimate of drug-likeness (QED) is 0.0609. The fourth-order valence-corrected chi connectivity index (χ4v) is 7.88. The van der Waals surface area contributed by atoms with Crippen LogP contribution in [0.4, 0.5) is 57.1 Å². The summed E-state index contributed by atoms with van der Waals surface area (Å²) in [6, 6.07) is 12.3. The second-order valence-electron chi connectivity index (χ2n) is 14.6. The summed E-state index contributed by atoms with van der Waals surface area (Å²) < 4.78 is 186. The average Bonchev–Trinajstić information content (AvgIpc) is 3.54. The van der Waals surface area contributed by atoms with E-state index in [-0.39, 0.29) is 11.4 Å². The molecule has 316 valence electrons. The molecule has 0 saturated heterocycles. The van der Waals surface area contributed by atoms with E-state index in [0.29, 0.717) is 21.0 Å². The molecule has 57 heavy (non-hydrogen) atoms. The Morgan fingerprint density at radius 2 is 1.18 bits per heavy atom. The SMILES string of the molecule is CCCCCC(C)CCCCC(C)CC[Si]c1ccccc1-c1cnc(-c2ccc3c(c2)OC(CC(F)(F)C(F)(F)C(F)(F)C(F)(F)C(F)(F)C(F)(F)F)O3)nc1. The highest BCUT2D eigenvalue weighted by molar-refractivity contribution is 6.55. The molecular formula is C39H43F13N2O2Si. The topological polar surface area (TPSA) is 44.2 Å². The molecule has 4 rings (SSSR count). The largest absolute Gasteiger partial charge is 0.460 e. The van der Waals surface area contributed by atoms with Gasteiger partial charge in [-0.1, -0.05) is 114 Å². The first-order valence-electron chi connectivity index (χ1n) is 18.6. The molecule has 3 unspecified atom stereocenters. The third kappa shape index (κ3) is 10.2. The Morgan fingerprint density at radius 3 is 1.77 bits per heavy atom. The van der Waals surface area contributed by atoms with E-state index in [0.717, 1.165) is 41.3 Å². The van der Waals surface area contributed by atoms with Gasteiger partial charge in [0.1, 0.15) is 0 Å². The molecule has 0 amide bonds. The molecule has 0 bridgehead atoms. The first-order chi connectivity index (χ1) is 26.5. The van der Waals surface area contributed by atoms with Crippen molar-refractivity contribution in [1.29, 1.82) is 0 Å². The van der Waals surface area contributed by atoms with E-state index in [4.69, 9.17) is 9.47 Å². The number of halogens is 13. The minimum absolute atomic E-state index is 0.0852. The Balaban J connectivity index is 1.35. The van der Waals surface area contributed by atoms with Crippen molar-refractivity contribution in [2.45, 2.75) is 133 Å². The second-order valence-corrected chi connectivity index (χ2v) is 16.0. The van der Waals surface area contributed by atoms with Crippen LogP contribution >= 0.6 is 0 Å². The van der Waals surface area contributed by atoms with Crippen LogP contribution in [-0.4, -0.2) is 61.6 Å². The van der Waals surface area contributed by atoms with Crippen LogP contribution in [0.25, 0.3) is 22.5 Å². The van der Waals surface area contributed by atoms with Crippen LogP contribution in [0.5, 0.6) is 11.5 Å². The molecule has 3 atom stereocenters. The van der Waals surface area contributed by atoms with Gasteiger partial charge in [0.05, 0.1) is 15.9 Å². The van der Waals surface area contributed by atoms with Gasteiger partial charge in [-0.3, -0.25) is 0 Å². The Labute approximate surface area is 324 Å². The zero-order valence-electron chi connectivity index (χ0n) is 31.3. The number of rotatable bonds is 21. The summed E-state index contributed by atoms with van der Waals surface area (Å²) >= 11 is 0. The van der Waals surface area contributed by atoms with Gasteiger partial charge in [-0.2, -0.15) is 57.1 Å². The van der Waals surface area contributed by atoms with Crippen molar-refractivity contribution in [2.75, 3.05) is 0 Å². The van der Waals surface area contributed by atoms with Crippen molar-refractivity contribution in [3.8, 4) is 34.0 Å². The summed E-state index contributed by atoms with van der Waals surface area (Å²) in [5.74, 6) is -36.8. The Morgan fingerprint density at radius 1 is 0.632 bits per heavy atom. The fraction of sp³-hybridized carbons (Fsp3) is 0.590. The minimum atomic E-state index is -7.98. The zero-order chi connectivity index (χ0) is 42.5. The number of hydrogen-bond donors (Lipinski definition) is 0. The van der Waals surface area contributed by atoms with Crippen LogP contribution in [0, 0.1) is 11.8 Å². The van der Waals surface area contributed by atoms with Gasteiger partial charge in [-0.25, -0.2) is 9.97 Å². The highest BCUT2D eigenvalue weighted by Crippen LogP contribution is 2.61. The van der Waals surface area contributed by atoms with E-state index in [1.807, 2.05) is 24.3 Å². The molecule has 1 aromatic heterocycles. The smallest absolute Gasteiger partial charge is 0.451 e. The molecule has 1 aliphatic heterocycles. The summed E-state index contributed by atoms with van der Waals surface area (Å²) in [7, 11) is 0.531. The first-order valence-corrected chi connectivity index (χ1v) is 19.8. The van der Waals surface area contributed by atoms with Crippen molar-refractivity contribution >= 4 is 14.7 Å². The van der Waals surface area contributed by atoms with E-state index in [2.05, 4.69) is 30.7 Å².